The smallest absolute Gasteiger partial charge is 0.234 e. The van der Waals surface area contributed by atoms with E-state index in [-0.39, 0.29) is 11.2 Å². The SMILES string of the molecule is CCC(S)C(=O)N(C)C. The molecule has 0 aromatic carbocycles. The van der Waals surface area contributed by atoms with E-state index in [0.29, 0.717) is 0 Å². The summed E-state index contributed by atoms with van der Waals surface area (Å²) in [5.74, 6) is 0.0841. The molecule has 0 radical (unpaired) electrons. The van der Waals surface area contributed by atoms with Crippen LogP contribution in [-0.4, -0.2) is 30.2 Å². The number of nitrogens with zero attached hydrogens (tertiary/aromatic N) is 1. The van der Waals surface area contributed by atoms with Gasteiger partial charge >= 0.3 is 0 Å². The fraction of sp³-hybridized carbons (Fsp3) is 0.833. The summed E-state index contributed by atoms with van der Waals surface area (Å²) in [7, 11) is 3.47. The highest BCUT2D eigenvalue weighted by atomic mass is 32.1. The second-order valence-electron chi connectivity index (χ2n) is 2.16. The number of carbonyl (C=O) groups is 1. The van der Waals surface area contributed by atoms with Crippen LogP contribution in [0.25, 0.3) is 0 Å². The number of amides is 1. The highest BCUT2D eigenvalue weighted by Crippen LogP contribution is 2.02. The van der Waals surface area contributed by atoms with Gasteiger partial charge < -0.3 is 4.90 Å². The average molecular weight is 147 g/mol. The molecule has 0 aromatic rings. The maximum Gasteiger partial charge on any atom is 0.234 e. The molecule has 0 saturated heterocycles. The second-order valence-corrected chi connectivity index (χ2v) is 2.78. The Morgan fingerprint density at radius 2 is 2.11 bits per heavy atom. The van der Waals surface area contributed by atoms with Gasteiger partial charge in [-0.1, -0.05) is 6.92 Å². The predicted octanol–water partition coefficient (Wildman–Crippen LogP) is 0.783. The largest absolute Gasteiger partial charge is 0.348 e. The third-order valence-corrected chi connectivity index (χ3v) is 1.70. The summed E-state index contributed by atoms with van der Waals surface area (Å²) in [6.45, 7) is 1.94. The van der Waals surface area contributed by atoms with E-state index in [1.165, 1.54) is 0 Å². The van der Waals surface area contributed by atoms with Crippen molar-refractivity contribution in [3.05, 3.63) is 0 Å². The lowest BCUT2D eigenvalue weighted by Crippen LogP contribution is -2.29. The Morgan fingerprint density at radius 3 is 2.22 bits per heavy atom. The first-order valence-electron chi connectivity index (χ1n) is 2.98. The van der Waals surface area contributed by atoms with E-state index in [1.807, 2.05) is 6.92 Å². The van der Waals surface area contributed by atoms with E-state index >= 15 is 0 Å². The van der Waals surface area contributed by atoms with E-state index in [1.54, 1.807) is 19.0 Å². The Labute approximate surface area is 61.6 Å². The van der Waals surface area contributed by atoms with Crippen molar-refractivity contribution >= 4 is 18.5 Å². The van der Waals surface area contributed by atoms with Crippen LogP contribution >= 0.6 is 12.6 Å². The molecule has 1 amide bonds. The monoisotopic (exact) mass is 147 g/mol. The van der Waals surface area contributed by atoms with Gasteiger partial charge in [0.05, 0.1) is 5.25 Å². The standard InChI is InChI=1S/C6H13NOS/c1-4-5(9)6(8)7(2)3/h5,9H,4H2,1-3H3. The molecule has 0 aromatic heterocycles. The van der Waals surface area contributed by atoms with E-state index in [2.05, 4.69) is 12.6 Å². The highest BCUT2D eigenvalue weighted by Gasteiger charge is 2.11. The first kappa shape index (κ1) is 8.82. The number of rotatable bonds is 2. The van der Waals surface area contributed by atoms with Gasteiger partial charge in [0.15, 0.2) is 0 Å². The van der Waals surface area contributed by atoms with E-state index in [0.717, 1.165) is 6.42 Å². The summed E-state index contributed by atoms with van der Waals surface area (Å²) in [4.78, 5) is 12.5. The van der Waals surface area contributed by atoms with Crippen molar-refractivity contribution < 1.29 is 4.79 Å². The molecule has 0 saturated carbocycles. The lowest BCUT2D eigenvalue weighted by atomic mass is 10.3. The summed E-state index contributed by atoms with van der Waals surface area (Å²) in [5.41, 5.74) is 0. The fourth-order valence-electron chi connectivity index (χ4n) is 0.473. The third-order valence-electron chi connectivity index (χ3n) is 1.11. The molecule has 54 valence electrons. The second kappa shape index (κ2) is 3.77. The highest BCUT2D eigenvalue weighted by molar-refractivity contribution is 7.81. The minimum Gasteiger partial charge on any atom is -0.348 e. The molecule has 0 bridgehead atoms. The van der Waals surface area contributed by atoms with E-state index in [4.69, 9.17) is 0 Å². The van der Waals surface area contributed by atoms with Crippen molar-refractivity contribution in [2.75, 3.05) is 14.1 Å². The maximum atomic E-state index is 10.9. The minimum absolute atomic E-state index is 0.0841. The molecule has 0 rings (SSSR count). The molecule has 0 spiro atoms. The van der Waals surface area contributed by atoms with Gasteiger partial charge in [-0.2, -0.15) is 12.6 Å². The molecule has 0 aliphatic rings. The topological polar surface area (TPSA) is 20.3 Å². The number of thiol groups is 1. The molecular weight excluding hydrogens is 134 g/mol. The quantitative estimate of drug-likeness (QED) is 0.572. The Balaban J connectivity index is 3.73. The Hall–Kier alpha value is -0.180. The van der Waals surface area contributed by atoms with E-state index in [9.17, 15) is 4.79 Å². The Morgan fingerprint density at radius 1 is 1.67 bits per heavy atom. The number of hydrogen-bond acceptors (Lipinski definition) is 2. The van der Waals surface area contributed by atoms with Crippen LogP contribution in [0.5, 0.6) is 0 Å². The Bertz CT molecular complexity index is 103. The normalized spacial score (nSPS) is 12.9. The molecule has 0 fully saturated rings. The summed E-state index contributed by atoms with van der Waals surface area (Å²) < 4.78 is 0. The van der Waals surface area contributed by atoms with Crippen LogP contribution in [0.3, 0.4) is 0 Å². The van der Waals surface area contributed by atoms with Crippen molar-refractivity contribution in [2.45, 2.75) is 18.6 Å². The van der Waals surface area contributed by atoms with Crippen LogP contribution in [0, 0.1) is 0 Å². The zero-order chi connectivity index (χ0) is 7.44. The molecule has 3 heteroatoms. The molecule has 1 atom stereocenters. The van der Waals surface area contributed by atoms with Gasteiger partial charge in [0.25, 0.3) is 0 Å². The van der Waals surface area contributed by atoms with Crippen molar-refractivity contribution in [2.24, 2.45) is 0 Å². The Kier molecular flexibility index (Phi) is 3.70. The third kappa shape index (κ3) is 2.75. The minimum atomic E-state index is -0.125. The molecular formula is C6H13NOS. The van der Waals surface area contributed by atoms with Gasteiger partial charge in [-0.15, -0.1) is 0 Å². The summed E-state index contributed by atoms with van der Waals surface area (Å²) in [6, 6.07) is 0. The first-order valence-corrected chi connectivity index (χ1v) is 3.50. The first-order chi connectivity index (χ1) is 4.09. The van der Waals surface area contributed by atoms with Crippen LogP contribution < -0.4 is 0 Å². The fourth-order valence-corrected chi connectivity index (χ4v) is 0.704. The van der Waals surface area contributed by atoms with Crippen molar-refractivity contribution in [1.82, 2.24) is 4.90 Å². The zero-order valence-electron chi connectivity index (χ0n) is 6.09. The van der Waals surface area contributed by atoms with Crippen LogP contribution in [-0.2, 0) is 4.79 Å². The number of hydrogen-bond donors (Lipinski definition) is 1. The van der Waals surface area contributed by atoms with Crippen molar-refractivity contribution in [1.29, 1.82) is 0 Å². The summed E-state index contributed by atoms with van der Waals surface area (Å²) in [5, 5.41) is -0.125. The number of carbonyl (C=O) groups excluding carboxylic acids is 1. The molecule has 2 nitrogen and oxygen atoms in total. The van der Waals surface area contributed by atoms with Gasteiger partial charge in [0.2, 0.25) is 5.91 Å². The van der Waals surface area contributed by atoms with Crippen LogP contribution in [0.15, 0.2) is 0 Å². The lowest BCUT2D eigenvalue weighted by Gasteiger charge is -2.13. The summed E-state index contributed by atoms with van der Waals surface area (Å²) >= 11 is 4.07. The molecule has 0 aliphatic heterocycles. The molecule has 0 heterocycles. The molecule has 1 unspecified atom stereocenters. The van der Waals surface area contributed by atoms with Crippen LogP contribution in [0.1, 0.15) is 13.3 Å². The van der Waals surface area contributed by atoms with Crippen molar-refractivity contribution in [3.8, 4) is 0 Å². The van der Waals surface area contributed by atoms with Crippen molar-refractivity contribution in [3.63, 3.8) is 0 Å². The van der Waals surface area contributed by atoms with Gasteiger partial charge in [-0.3, -0.25) is 4.79 Å². The van der Waals surface area contributed by atoms with Crippen LogP contribution in [0.2, 0.25) is 0 Å². The van der Waals surface area contributed by atoms with E-state index < -0.39 is 0 Å². The lowest BCUT2D eigenvalue weighted by molar-refractivity contribution is -0.128. The molecule has 0 aliphatic carbocycles. The summed E-state index contributed by atoms with van der Waals surface area (Å²) in [6.07, 6.45) is 0.792. The molecule has 0 N–H and O–H groups in total. The zero-order valence-corrected chi connectivity index (χ0v) is 6.98. The maximum absolute atomic E-state index is 10.9. The van der Waals surface area contributed by atoms with Gasteiger partial charge in [-0.05, 0) is 6.42 Å². The van der Waals surface area contributed by atoms with Crippen LogP contribution in [0.4, 0.5) is 0 Å². The average Bonchev–Trinajstić information content (AvgIpc) is 1.84. The van der Waals surface area contributed by atoms with Gasteiger partial charge in [0, 0.05) is 14.1 Å². The predicted molar refractivity (Wildman–Crippen MR) is 41.8 cm³/mol. The molecule has 9 heavy (non-hydrogen) atoms. The van der Waals surface area contributed by atoms with Gasteiger partial charge in [-0.25, -0.2) is 0 Å². The van der Waals surface area contributed by atoms with Gasteiger partial charge in [0.1, 0.15) is 0 Å².